The van der Waals surface area contributed by atoms with Crippen molar-refractivity contribution in [2.75, 3.05) is 33.0 Å². The summed E-state index contributed by atoms with van der Waals surface area (Å²) in [5.74, 6) is 1.92. The molecule has 1 atom stereocenters. The Morgan fingerprint density at radius 3 is 2.76 bits per heavy atom. The number of rotatable bonds is 6. The number of benzene rings is 2. The zero-order chi connectivity index (χ0) is 20.2. The molecule has 1 amide bonds. The van der Waals surface area contributed by atoms with Gasteiger partial charge in [0.15, 0.2) is 11.5 Å². The zero-order valence-corrected chi connectivity index (χ0v) is 16.8. The summed E-state index contributed by atoms with van der Waals surface area (Å²) < 4.78 is 24.8. The highest BCUT2D eigenvalue weighted by molar-refractivity contribution is 5.76. The summed E-state index contributed by atoms with van der Waals surface area (Å²) in [7, 11) is 0. The second-order valence-electron chi connectivity index (χ2n) is 7.95. The molecule has 5 nitrogen and oxygen atoms in total. The van der Waals surface area contributed by atoms with E-state index in [-0.39, 0.29) is 11.7 Å². The molecule has 4 rings (SSSR count). The molecule has 2 aromatic carbocycles. The molecule has 1 fully saturated rings. The van der Waals surface area contributed by atoms with Crippen LogP contribution in [-0.2, 0) is 17.8 Å². The highest BCUT2D eigenvalue weighted by Gasteiger charge is 2.23. The summed E-state index contributed by atoms with van der Waals surface area (Å²) in [6.07, 6.45) is 1.42. The highest BCUT2D eigenvalue weighted by atomic mass is 19.1. The van der Waals surface area contributed by atoms with Gasteiger partial charge in [0.05, 0.1) is 0 Å². The Bertz CT molecular complexity index is 873. The normalized spacial score (nSPS) is 18.0. The Labute approximate surface area is 171 Å². The van der Waals surface area contributed by atoms with Crippen LogP contribution in [-0.4, -0.2) is 48.7 Å². The second-order valence-corrected chi connectivity index (χ2v) is 7.95. The average molecular weight is 398 g/mol. The molecule has 6 heteroatoms. The molecule has 2 aliphatic rings. The highest BCUT2D eigenvalue weighted by Crippen LogP contribution is 2.33. The number of carbonyl (C=O) groups is 1. The van der Waals surface area contributed by atoms with Crippen LogP contribution in [0.5, 0.6) is 11.5 Å². The molecule has 0 N–H and O–H groups in total. The van der Waals surface area contributed by atoms with Crippen LogP contribution in [0, 0.1) is 11.7 Å². The van der Waals surface area contributed by atoms with Crippen molar-refractivity contribution in [1.29, 1.82) is 0 Å². The van der Waals surface area contributed by atoms with E-state index < -0.39 is 0 Å². The first-order valence-corrected chi connectivity index (χ1v) is 10.2. The number of nitrogens with zero attached hydrogens (tertiary/aromatic N) is 2. The first kappa shape index (κ1) is 19.7. The zero-order valence-electron chi connectivity index (χ0n) is 16.8. The topological polar surface area (TPSA) is 42.0 Å². The third-order valence-corrected chi connectivity index (χ3v) is 5.59. The molecule has 0 radical (unpaired) electrons. The maximum absolute atomic E-state index is 13.9. The lowest BCUT2D eigenvalue weighted by Gasteiger charge is -2.25. The number of ether oxygens (including phenoxy) is 2. The molecule has 1 saturated heterocycles. The van der Waals surface area contributed by atoms with Crippen molar-refractivity contribution in [3.63, 3.8) is 0 Å². The molecule has 0 aromatic heterocycles. The van der Waals surface area contributed by atoms with Crippen molar-refractivity contribution in [1.82, 2.24) is 9.80 Å². The molecule has 0 bridgehead atoms. The van der Waals surface area contributed by atoms with Gasteiger partial charge in [0.25, 0.3) is 0 Å². The van der Waals surface area contributed by atoms with Crippen LogP contribution in [0.3, 0.4) is 0 Å². The van der Waals surface area contributed by atoms with Crippen LogP contribution in [0.1, 0.15) is 24.5 Å². The van der Waals surface area contributed by atoms with E-state index in [0.717, 1.165) is 37.6 Å². The van der Waals surface area contributed by atoms with Crippen molar-refractivity contribution in [2.45, 2.75) is 26.3 Å². The van der Waals surface area contributed by atoms with E-state index in [4.69, 9.17) is 9.47 Å². The molecule has 154 valence electrons. The third kappa shape index (κ3) is 4.88. The number of fused-ring (bicyclic) bond motifs is 1. The van der Waals surface area contributed by atoms with Crippen molar-refractivity contribution >= 4 is 5.91 Å². The van der Waals surface area contributed by atoms with Crippen LogP contribution in [0.15, 0.2) is 42.5 Å². The SMILES string of the molecule is C[C@H](Cc1ccc2c(c1)OCO2)CN1CCC(=O)N(Cc2ccccc2F)CC1. The fourth-order valence-corrected chi connectivity index (χ4v) is 4.07. The van der Waals surface area contributed by atoms with E-state index in [9.17, 15) is 9.18 Å². The van der Waals surface area contributed by atoms with Crippen molar-refractivity contribution < 1.29 is 18.7 Å². The Hall–Kier alpha value is -2.60. The molecule has 0 saturated carbocycles. The second kappa shape index (κ2) is 8.82. The number of hydrogen-bond donors (Lipinski definition) is 0. The Balaban J connectivity index is 1.31. The predicted molar refractivity (Wildman–Crippen MR) is 108 cm³/mol. The van der Waals surface area contributed by atoms with Crippen LogP contribution in [0.4, 0.5) is 4.39 Å². The van der Waals surface area contributed by atoms with Gasteiger partial charge in [0.2, 0.25) is 12.7 Å². The van der Waals surface area contributed by atoms with Gasteiger partial charge < -0.3 is 19.3 Å². The maximum atomic E-state index is 13.9. The van der Waals surface area contributed by atoms with Gasteiger partial charge in [-0.3, -0.25) is 4.79 Å². The number of amides is 1. The fraction of sp³-hybridized carbons (Fsp3) is 0.435. The van der Waals surface area contributed by atoms with E-state index in [0.29, 0.717) is 37.8 Å². The van der Waals surface area contributed by atoms with Gasteiger partial charge in [-0.25, -0.2) is 4.39 Å². The van der Waals surface area contributed by atoms with E-state index in [1.807, 2.05) is 12.1 Å². The molecule has 29 heavy (non-hydrogen) atoms. The summed E-state index contributed by atoms with van der Waals surface area (Å²) in [4.78, 5) is 16.6. The molecule has 2 heterocycles. The number of carbonyl (C=O) groups excluding carboxylic acids is 1. The summed E-state index contributed by atoms with van der Waals surface area (Å²) in [6.45, 7) is 5.98. The van der Waals surface area contributed by atoms with Gasteiger partial charge in [0, 0.05) is 44.7 Å². The predicted octanol–water partition coefficient (Wildman–Crippen LogP) is 3.47. The molecular weight excluding hydrogens is 371 g/mol. The monoisotopic (exact) mass is 398 g/mol. The minimum Gasteiger partial charge on any atom is -0.454 e. The number of hydrogen-bond acceptors (Lipinski definition) is 4. The minimum absolute atomic E-state index is 0.0965. The molecule has 2 aromatic rings. The molecule has 0 spiro atoms. The first-order valence-electron chi connectivity index (χ1n) is 10.2. The smallest absolute Gasteiger partial charge is 0.231 e. The van der Waals surface area contributed by atoms with E-state index >= 15 is 0 Å². The molecule has 0 unspecified atom stereocenters. The summed E-state index contributed by atoms with van der Waals surface area (Å²) in [5.41, 5.74) is 1.80. The maximum Gasteiger partial charge on any atom is 0.231 e. The largest absolute Gasteiger partial charge is 0.454 e. The first-order chi connectivity index (χ1) is 14.1. The Kier molecular flexibility index (Phi) is 6.00. The van der Waals surface area contributed by atoms with Crippen LogP contribution in [0.2, 0.25) is 0 Å². The third-order valence-electron chi connectivity index (χ3n) is 5.59. The van der Waals surface area contributed by atoms with Gasteiger partial charge in [-0.1, -0.05) is 31.2 Å². The van der Waals surface area contributed by atoms with Crippen LogP contribution >= 0.6 is 0 Å². The van der Waals surface area contributed by atoms with Crippen LogP contribution in [0.25, 0.3) is 0 Å². The van der Waals surface area contributed by atoms with Gasteiger partial charge >= 0.3 is 0 Å². The van der Waals surface area contributed by atoms with Crippen LogP contribution < -0.4 is 9.47 Å². The lowest BCUT2D eigenvalue weighted by Crippen LogP contribution is -2.34. The van der Waals surface area contributed by atoms with Gasteiger partial charge in [-0.05, 0) is 36.1 Å². The Morgan fingerprint density at radius 1 is 1.07 bits per heavy atom. The van der Waals surface area contributed by atoms with Crippen molar-refractivity contribution in [3.05, 3.63) is 59.4 Å². The standard InChI is InChI=1S/C23H27FN2O3/c1-17(12-18-6-7-21-22(13-18)29-16-28-21)14-25-9-8-23(27)26(11-10-25)15-19-4-2-3-5-20(19)24/h2-7,13,17H,8-12,14-16H2,1H3/t17-/m1/s1. The van der Waals surface area contributed by atoms with E-state index in [1.54, 1.807) is 17.0 Å². The average Bonchev–Trinajstić information content (AvgIpc) is 3.10. The lowest BCUT2D eigenvalue weighted by molar-refractivity contribution is -0.131. The summed E-state index contributed by atoms with van der Waals surface area (Å²) >= 11 is 0. The van der Waals surface area contributed by atoms with Gasteiger partial charge in [-0.2, -0.15) is 0 Å². The Morgan fingerprint density at radius 2 is 1.90 bits per heavy atom. The molecular formula is C23H27FN2O3. The van der Waals surface area contributed by atoms with Crippen molar-refractivity contribution in [3.8, 4) is 11.5 Å². The minimum atomic E-state index is -0.251. The van der Waals surface area contributed by atoms with E-state index in [1.165, 1.54) is 11.6 Å². The molecule has 0 aliphatic carbocycles. The number of halogens is 1. The van der Waals surface area contributed by atoms with Gasteiger partial charge in [0.1, 0.15) is 5.82 Å². The van der Waals surface area contributed by atoms with E-state index in [2.05, 4.69) is 24.0 Å². The van der Waals surface area contributed by atoms with Crippen molar-refractivity contribution in [2.24, 2.45) is 5.92 Å². The summed E-state index contributed by atoms with van der Waals surface area (Å²) in [6, 6.07) is 12.8. The summed E-state index contributed by atoms with van der Waals surface area (Å²) in [5, 5.41) is 0. The quantitative estimate of drug-likeness (QED) is 0.747. The molecule has 2 aliphatic heterocycles. The lowest BCUT2D eigenvalue weighted by atomic mass is 10.00. The fourth-order valence-electron chi connectivity index (χ4n) is 4.07. The van der Waals surface area contributed by atoms with Gasteiger partial charge in [-0.15, -0.1) is 0 Å².